The number of aliphatic carboxylic acids is 1. The van der Waals surface area contributed by atoms with Crippen molar-refractivity contribution in [3.8, 4) is 0 Å². The summed E-state index contributed by atoms with van der Waals surface area (Å²) in [6.45, 7) is 45.4. The highest BCUT2D eigenvalue weighted by atomic mass is 35.6. The second kappa shape index (κ2) is 23.0. The molecular formula is C45H93ClO18Si6. The number of carbonyl (C=O) groups is 3. The largest absolute Gasteiger partial charge is 0.518 e. The fourth-order valence-electron chi connectivity index (χ4n) is 8.90. The van der Waals surface area contributed by atoms with Crippen LogP contribution < -0.4 is 0 Å². The first-order valence-electron chi connectivity index (χ1n) is 24.4. The van der Waals surface area contributed by atoms with Gasteiger partial charge in [0.2, 0.25) is 14.1 Å². The Morgan fingerprint density at radius 1 is 0.600 bits per heavy atom. The van der Waals surface area contributed by atoms with Gasteiger partial charge in [0.15, 0.2) is 55.9 Å². The van der Waals surface area contributed by atoms with Crippen LogP contribution in [0.4, 0.5) is 0 Å². The summed E-state index contributed by atoms with van der Waals surface area (Å²) in [4.78, 5) is 36.4. The van der Waals surface area contributed by atoms with Gasteiger partial charge in [0, 0.05) is 52.4 Å². The SMILES string of the molecule is CC1(C)OC2CC3(CC(O)C2O1)OC(C)(C)OC3=O.C[Si](C)(C)Cl.C[Si](C)(C)OC(=O)C1(O[Si](C)(C)C)CC(O[Si](C)(C)C)C(O[Si](C)(C)C)C(O[Si](C)(C)C)C1.O=C(O)C1(O)CC(O)C(O)C(O)C1. The molecule has 2 saturated heterocycles. The van der Waals surface area contributed by atoms with Crippen molar-refractivity contribution in [2.75, 3.05) is 0 Å². The van der Waals surface area contributed by atoms with Gasteiger partial charge in [0.1, 0.15) is 19.6 Å². The van der Waals surface area contributed by atoms with E-state index in [0.29, 0.717) is 19.3 Å². The van der Waals surface area contributed by atoms with E-state index >= 15 is 0 Å². The summed E-state index contributed by atoms with van der Waals surface area (Å²) in [7, 11) is -11.2. The highest BCUT2D eigenvalue weighted by molar-refractivity contribution is 7.18. The minimum atomic E-state index is -2.14. The molecule has 0 aromatic carbocycles. The number of carboxylic acids is 1. The summed E-state index contributed by atoms with van der Waals surface area (Å²) in [5.74, 6) is -3.89. The number of hydrogen-bond donors (Lipinski definition) is 6. The zero-order valence-electron chi connectivity index (χ0n) is 46.4. The molecule has 5 rings (SSSR count). The van der Waals surface area contributed by atoms with E-state index in [1.54, 1.807) is 27.7 Å². The Labute approximate surface area is 429 Å². The van der Waals surface area contributed by atoms with Gasteiger partial charge in [0.25, 0.3) is 0 Å². The van der Waals surface area contributed by atoms with E-state index in [-0.39, 0.29) is 36.8 Å². The molecule has 70 heavy (non-hydrogen) atoms. The molecular weight excluding hydrogens is 1030 g/mol. The Morgan fingerprint density at radius 2 is 1.03 bits per heavy atom. The molecule has 0 bridgehead atoms. The Bertz CT molecular complexity index is 1720. The number of cyclic esters (lactones) is 1. The number of halogens is 1. The first kappa shape index (κ1) is 65.6. The Kier molecular flexibility index (Phi) is 21.6. The fourth-order valence-corrected chi connectivity index (χ4v) is 14.4. The van der Waals surface area contributed by atoms with Gasteiger partial charge in [-0.05, 0) is 112 Å². The van der Waals surface area contributed by atoms with Crippen molar-refractivity contribution in [3.05, 3.63) is 0 Å². The predicted octanol–water partition coefficient (Wildman–Crippen LogP) is 6.86. The molecule has 0 amide bonds. The van der Waals surface area contributed by atoms with Gasteiger partial charge in [-0.3, -0.25) is 4.79 Å². The summed E-state index contributed by atoms with van der Waals surface area (Å²) >= 11 is 5.67. The first-order valence-corrected chi connectivity index (χ1v) is 46.0. The third-order valence-electron chi connectivity index (χ3n) is 10.7. The van der Waals surface area contributed by atoms with E-state index in [1.807, 2.05) is 19.6 Å². The van der Waals surface area contributed by atoms with Crippen molar-refractivity contribution < 1.29 is 86.1 Å². The average Bonchev–Trinajstić information content (AvgIpc) is 3.50. The molecule has 3 saturated carbocycles. The zero-order chi connectivity index (χ0) is 55.0. The predicted molar refractivity (Wildman–Crippen MR) is 283 cm³/mol. The summed E-state index contributed by atoms with van der Waals surface area (Å²) in [6.07, 6.45) is -6.08. The number of fused-ring (bicyclic) bond motifs is 1. The summed E-state index contributed by atoms with van der Waals surface area (Å²) in [5.41, 5.74) is -4.33. The van der Waals surface area contributed by atoms with E-state index in [4.69, 9.17) is 72.6 Å². The maximum atomic E-state index is 13.8. The normalized spacial score (nSPS) is 35.4. The van der Waals surface area contributed by atoms with Crippen LogP contribution in [-0.4, -0.2) is 181 Å². The summed E-state index contributed by atoms with van der Waals surface area (Å²) < 4.78 is 55.5. The van der Waals surface area contributed by atoms with E-state index < -0.39 is 133 Å². The van der Waals surface area contributed by atoms with E-state index in [1.165, 1.54) is 0 Å². The van der Waals surface area contributed by atoms with Crippen LogP contribution in [0, 0.1) is 0 Å². The second-order valence-corrected chi connectivity index (χ2v) is 56.1. The number of carboxylic acid groups (broad SMARTS) is 1. The molecule has 2 aliphatic heterocycles. The first-order chi connectivity index (χ1) is 30.8. The molecule has 8 atom stereocenters. The van der Waals surface area contributed by atoms with Crippen LogP contribution in [0.5, 0.6) is 0 Å². The molecule has 8 unspecified atom stereocenters. The van der Waals surface area contributed by atoms with Crippen LogP contribution >= 0.6 is 11.1 Å². The molecule has 6 N–H and O–H groups in total. The van der Waals surface area contributed by atoms with Crippen molar-refractivity contribution in [2.45, 2.75) is 267 Å². The van der Waals surface area contributed by atoms with Crippen molar-refractivity contribution in [1.29, 1.82) is 0 Å². The number of ether oxygens (including phenoxy) is 4. The maximum Gasteiger partial charge on any atom is 0.341 e. The van der Waals surface area contributed by atoms with Gasteiger partial charge in [-0.2, -0.15) is 11.1 Å². The number of hydrogen-bond acceptors (Lipinski definition) is 17. The molecule has 412 valence electrons. The highest BCUT2D eigenvalue weighted by Gasteiger charge is 2.63. The molecule has 5 fully saturated rings. The Morgan fingerprint density at radius 3 is 1.37 bits per heavy atom. The average molecular weight is 1130 g/mol. The monoisotopic (exact) mass is 1120 g/mol. The van der Waals surface area contributed by atoms with Gasteiger partial charge in [-0.15, -0.1) is 0 Å². The number of esters is 1. The van der Waals surface area contributed by atoms with Crippen molar-refractivity contribution in [1.82, 2.24) is 0 Å². The minimum absolute atomic E-state index is 0.176. The lowest BCUT2D eigenvalue weighted by atomic mass is 9.79. The topological polar surface area (TPSA) is 256 Å². The van der Waals surface area contributed by atoms with Crippen molar-refractivity contribution >= 4 is 78.0 Å². The lowest BCUT2D eigenvalue weighted by molar-refractivity contribution is -0.188. The van der Waals surface area contributed by atoms with Crippen LogP contribution in [0.3, 0.4) is 0 Å². The molecule has 25 heteroatoms. The smallest absolute Gasteiger partial charge is 0.341 e. The molecule has 18 nitrogen and oxygen atoms in total. The van der Waals surface area contributed by atoms with Gasteiger partial charge >= 0.3 is 17.9 Å². The van der Waals surface area contributed by atoms with Gasteiger partial charge in [-0.1, -0.05) is 19.6 Å². The van der Waals surface area contributed by atoms with E-state index in [9.17, 15) is 24.6 Å². The fraction of sp³-hybridized carbons (Fsp3) is 0.933. The quantitative estimate of drug-likeness (QED) is 0.0702. The number of aliphatic hydroxyl groups is 5. The maximum absolute atomic E-state index is 13.8. The second-order valence-electron chi connectivity index (χ2n) is 26.3. The summed E-state index contributed by atoms with van der Waals surface area (Å²) in [5, 5.41) is 55.4. The zero-order valence-corrected chi connectivity index (χ0v) is 53.2. The molecule has 3 aliphatic carbocycles. The number of aliphatic hydroxyl groups excluding tert-OH is 4. The third kappa shape index (κ3) is 21.3. The standard InChI is InChI=1S/C22H52O6Si5.C13H20O6.C7H12O6.C3H9ClSi/c1-29(2,3)24-18-16-22(28-33(13,14)15,21(23)27-32(10,11)12)17-19(25-30(4,5)6)20(18)26-31(7,8)9;1-11(2)16-8-6-13(5-7(14)9(8)17-11)10(15)18-12(3,4)19-13;8-3-1-7(13,6(11)12)2-4(9)5(3)10;1-5(2,3)4/h18-20H,16-17H2,1-15H3;7-9,14H,5-6H2,1-4H3;3-5,8-10,13H,1-2H2,(H,11,12);1-3H3. The van der Waals surface area contributed by atoms with Gasteiger partial charge in [0.05, 0.1) is 42.7 Å². The van der Waals surface area contributed by atoms with Crippen LogP contribution in [0.15, 0.2) is 0 Å². The van der Waals surface area contributed by atoms with Crippen molar-refractivity contribution in [3.63, 3.8) is 0 Å². The molecule has 0 aromatic rings. The van der Waals surface area contributed by atoms with Gasteiger partial charge < -0.3 is 71.7 Å². The molecule has 2 heterocycles. The summed E-state index contributed by atoms with van der Waals surface area (Å²) in [6, 6.07) is 0. The van der Waals surface area contributed by atoms with Crippen molar-refractivity contribution in [2.24, 2.45) is 0 Å². The van der Waals surface area contributed by atoms with E-state index in [2.05, 4.69) is 98.2 Å². The lowest BCUT2D eigenvalue weighted by Crippen LogP contribution is -2.65. The van der Waals surface area contributed by atoms with Crippen LogP contribution in [-0.2, 0) is 55.5 Å². The molecule has 0 radical (unpaired) electrons. The molecule has 5 aliphatic rings. The molecule has 1 spiro atoms. The van der Waals surface area contributed by atoms with Crippen LogP contribution in [0.2, 0.25) is 118 Å². The minimum Gasteiger partial charge on any atom is -0.518 e. The Hall–Kier alpha value is -0.479. The van der Waals surface area contributed by atoms with Gasteiger partial charge in [-0.25, -0.2) is 9.59 Å². The lowest BCUT2D eigenvalue weighted by Gasteiger charge is -2.52. The third-order valence-corrected chi connectivity index (χ3v) is 15.5. The molecule has 0 aromatic heterocycles. The van der Waals surface area contributed by atoms with Crippen LogP contribution in [0.25, 0.3) is 0 Å². The highest BCUT2D eigenvalue weighted by Crippen LogP contribution is 2.48. The number of carbonyl (C=O) groups excluding carboxylic acids is 2. The van der Waals surface area contributed by atoms with E-state index in [0.717, 1.165) is 0 Å². The van der Waals surface area contributed by atoms with Crippen LogP contribution in [0.1, 0.15) is 66.2 Å². The number of rotatable bonds is 11. The Balaban J connectivity index is 0.000000377.